The fraction of sp³-hybridized carbons (Fsp3) is 0. The Hall–Kier alpha value is -3.43. The number of para-hydroxylation sites is 3. The maximum absolute atomic E-state index is 11.4. The van der Waals surface area contributed by atoms with Crippen LogP contribution in [0.4, 0.5) is 17.1 Å². The molecule has 9 heteroatoms. The molecule has 0 aliphatic heterocycles. The van der Waals surface area contributed by atoms with Gasteiger partial charge < -0.3 is 10.1 Å². The third-order valence-electron chi connectivity index (χ3n) is 3.62. The summed E-state index contributed by atoms with van der Waals surface area (Å²) >= 11 is 0. The van der Waals surface area contributed by atoms with Crippen molar-refractivity contribution in [2.45, 2.75) is 4.90 Å². The Kier molecular flexibility index (Phi) is 5.06. The summed E-state index contributed by atoms with van der Waals surface area (Å²) < 4.78 is 28.7. The molecule has 3 rings (SSSR count). The molecule has 0 aliphatic carbocycles. The van der Waals surface area contributed by atoms with Crippen molar-refractivity contribution < 1.29 is 18.1 Å². The first kappa shape index (κ1) is 18.4. The maximum Gasteiger partial charge on any atom is 0.294 e. The Morgan fingerprint density at radius 3 is 2.26 bits per heavy atom. The number of hydrogen-bond acceptors (Lipinski definition) is 6. The number of sulfonamides is 1. The molecule has 0 unspecified atom stereocenters. The van der Waals surface area contributed by atoms with Gasteiger partial charge in [0.1, 0.15) is 11.4 Å². The number of nitrogens with two attached hydrogens (primary N) is 1. The van der Waals surface area contributed by atoms with E-state index in [2.05, 4.69) is 5.32 Å². The minimum Gasteiger partial charge on any atom is -0.455 e. The lowest BCUT2D eigenvalue weighted by atomic mass is 10.2. The molecule has 0 fully saturated rings. The normalized spacial score (nSPS) is 11.0. The van der Waals surface area contributed by atoms with Crippen LogP contribution in [0.3, 0.4) is 0 Å². The molecule has 0 radical (unpaired) electrons. The highest BCUT2D eigenvalue weighted by atomic mass is 32.2. The Morgan fingerprint density at radius 2 is 1.59 bits per heavy atom. The van der Waals surface area contributed by atoms with Crippen LogP contribution in [0.2, 0.25) is 0 Å². The molecule has 0 bridgehead atoms. The van der Waals surface area contributed by atoms with Crippen LogP contribution in [0.5, 0.6) is 11.5 Å². The van der Waals surface area contributed by atoms with Gasteiger partial charge in [-0.2, -0.15) is 0 Å². The van der Waals surface area contributed by atoms with Gasteiger partial charge in [-0.15, -0.1) is 0 Å². The largest absolute Gasteiger partial charge is 0.455 e. The number of nitro benzene ring substituents is 1. The van der Waals surface area contributed by atoms with E-state index in [1.807, 2.05) is 18.2 Å². The summed E-state index contributed by atoms with van der Waals surface area (Å²) in [7, 11) is -4.05. The average Bonchev–Trinajstić information content (AvgIpc) is 2.63. The second-order valence-corrected chi connectivity index (χ2v) is 7.08. The van der Waals surface area contributed by atoms with Crippen molar-refractivity contribution in [3.63, 3.8) is 0 Å². The first-order valence-electron chi connectivity index (χ1n) is 7.75. The molecule has 0 saturated heterocycles. The zero-order valence-corrected chi connectivity index (χ0v) is 14.7. The molecule has 0 spiro atoms. The van der Waals surface area contributed by atoms with E-state index in [-0.39, 0.29) is 10.6 Å². The van der Waals surface area contributed by atoms with Crippen molar-refractivity contribution in [2.75, 3.05) is 5.32 Å². The quantitative estimate of drug-likeness (QED) is 0.491. The van der Waals surface area contributed by atoms with Gasteiger partial charge in [0.2, 0.25) is 10.0 Å². The fourth-order valence-electron chi connectivity index (χ4n) is 2.36. The van der Waals surface area contributed by atoms with E-state index in [4.69, 9.17) is 9.88 Å². The van der Waals surface area contributed by atoms with Crippen LogP contribution in [0.15, 0.2) is 77.7 Å². The summed E-state index contributed by atoms with van der Waals surface area (Å²) in [4.78, 5) is 10.3. The fourth-order valence-corrected chi connectivity index (χ4v) is 2.90. The van der Waals surface area contributed by atoms with E-state index < -0.39 is 20.6 Å². The highest BCUT2D eigenvalue weighted by Gasteiger charge is 2.20. The molecular weight excluding hydrogens is 370 g/mol. The van der Waals surface area contributed by atoms with Crippen LogP contribution in [-0.4, -0.2) is 13.3 Å². The molecule has 0 saturated carbocycles. The SMILES string of the molecule is NS(=O)(=O)c1ccc(Nc2ccccc2Oc2ccccc2)c([N+](=O)[O-])c1. The average molecular weight is 385 g/mol. The summed E-state index contributed by atoms with van der Waals surface area (Å²) in [5.41, 5.74) is 0.167. The Morgan fingerprint density at radius 1 is 0.926 bits per heavy atom. The summed E-state index contributed by atoms with van der Waals surface area (Å²) in [6.07, 6.45) is 0. The maximum atomic E-state index is 11.4. The molecule has 8 nitrogen and oxygen atoms in total. The standard InChI is InChI=1S/C18H15N3O5S/c19-27(24,25)14-10-11-15(17(12-14)21(22)23)20-16-8-4-5-9-18(16)26-13-6-2-1-3-7-13/h1-12,20H,(H2,19,24,25). The molecule has 0 aromatic heterocycles. The van der Waals surface area contributed by atoms with Gasteiger partial charge in [0.05, 0.1) is 15.5 Å². The Bertz CT molecular complexity index is 1090. The van der Waals surface area contributed by atoms with Crippen molar-refractivity contribution in [1.29, 1.82) is 0 Å². The first-order valence-corrected chi connectivity index (χ1v) is 9.29. The predicted octanol–water partition coefficient (Wildman–Crippen LogP) is 3.78. The van der Waals surface area contributed by atoms with Crippen LogP contribution in [0, 0.1) is 10.1 Å². The minimum absolute atomic E-state index is 0.108. The lowest BCUT2D eigenvalue weighted by Gasteiger charge is -2.13. The number of benzene rings is 3. The second kappa shape index (κ2) is 7.44. The molecule has 138 valence electrons. The van der Waals surface area contributed by atoms with Crippen LogP contribution in [0.25, 0.3) is 0 Å². The number of nitrogens with zero attached hydrogens (tertiary/aromatic N) is 1. The summed E-state index contributed by atoms with van der Waals surface area (Å²) in [5.74, 6) is 1.05. The lowest BCUT2D eigenvalue weighted by Crippen LogP contribution is -2.12. The van der Waals surface area contributed by atoms with E-state index in [1.54, 1.807) is 36.4 Å². The smallest absolute Gasteiger partial charge is 0.294 e. The van der Waals surface area contributed by atoms with E-state index in [9.17, 15) is 18.5 Å². The van der Waals surface area contributed by atoms with E-state index in [0.29, 0.717) is 17.2 Å². The number of nitrogens with one attached hydrogen (secondary N) is 1. The minimum atomic E-state index is -4.05. The highest BCUT2D eigenvalue weighted by Crippen LogP contribution is 2.35. The highest BCUT2D eigenvalue weighted by molar-refractivity contribution is 7.89. The van der Waals surface area contributed by atoms with Crippen molar-refractivity contribution in [2.24, 2.45) is 5.14 Å². The van der Waals surface area contributed by atoms with Crippen molar-refractivity contribution >= 4 is 27.1 Å². The van der Waals surface area contributed by atoms with E-state index >= 15 is 0 Å². The number of rotatable bonds is 6. The molecule has 0 aliphatic rings. The molecule has 0 atom stereocenters. The predicted molar refractivity (Wildman–Crippen MR) is 101 cm³/mol. The molecule has 0 heterocycles. The van der Waals surface area contributed by atoms with Gasteiger partial charge in [0.25, 0.3) is 5.69 Å². The monoisotopic (exact) mass is 385 g/mol. The molecule has 3 aromatic carbocycles. The van der Waals surface area contributed by atoms with Gasteiger partial charge >= 0.3 is 0 Å². The van der Waals surface area contributed by atoms with Crippen molar-refractivity contribution in [3.8, 4) is 11.5 Å². The Balaban J connectivity index is 1.97. The van der Waals surface area contributed by atoms with Gasteiger partial charge in [0.15, 0.2) is 5.75 Å². The van der Waals surface area contributed by atoms with Gasteiger partial charge in [0, 0.05) is 6.07 Å². The lowest BCUT2D eigenvalue weighted by molar-refractivity contribution is -0.384. The number of anilines is 2. The van der Waals surface area contributed by atoms with E-state index in [0.717, 1.165) is 6.07 Å². The molecule has 3 aromatic rings. The zero-order chi connectivity index (χ0) is 19.4. The van der Waals surface area contributed by atoms with Crippen LogP contribution in [-0.2, 0) is 10.0 Å². The number of ether oxygens (including phenoxy) is 1. The summed E-state index contributed by atoms with van der Waals surface area (Å²) in [6.45, 7) is 0. The second-order valence-electron chi connectivity index (χ2n) is 5.52. The van der Waals surface area contributed by atoms with E-state index in [1.165, 1.54) is 12.1 Å². The van der Waals surface area contributed by atoms with Gasteiger partial charge in [-0.1, -0.05) is 30.3 Å². The van der Waals surface area contributed by atoms with Gasteiger partial charge in [-0.25, -0.2) is 13.6 Å². The van der Waals surface area contributed by atoms with Gasteiger partial charge in [-0.05, 0) is 36.4 Å². The third kappa shape index (κ3) is 4.40. The summed E-state index contributed by atoms with van der Waals surface area (Å²) in [6, 6.07) is 19.4. The van der Waals surface area contributed by atoms with Crippen LogP contribution in [0.1, 0.15) is 0 Å². The summed E-state index contributed by atoms with van der Waals surface area (Å²) in [5, 5.41) is 19.3. The Labute approximate surface area is 155 Å². The number of nitro groups is 1. The first-order chi connectivity index (χ1) is 12.8. The van der Waals surface area contributed by atoms with Crippen LogP contribution < -0.4 is 15.2 Å². The van der Waals surface area contributed by atoms with Crippen molar-refractivity contribution in [1.82, 2.24) is 0 Å². The molecular formula is C18H15N3O5S. The third-order valence-corrected chi connectivity index (χ3v) is 4.53. The zero-order valence-electron chi connectivity index (χ0n) is 13.9. The van der Waals surface area contributed by atoms with Crippen LogP contribution >= 0.6 is 0 Å². The molecule has 0 amide bonds. The van der Waals surface area contributed by atoms with Crippen molar-refractivity contribution in [3.05, 3.63) is 82.9 Å². The van der Waals surface area contributed by atoms with Gasteiger partial charge in [-0.3, -0.25) is 10.1 Å². The number of primary sulfonamides is 1. The number of hydrogen-bond donors (Lipinski definition) is 2. The molecule has 3 N–H and O–H groups in total. The topological polar surface area (TPSA) is 125 Å². The molecule has 27 heavy (non-hydrogen) atoms.